The Morgan fingerprint density at radius 3 is 2.95 bits per heavy atom. The molecule has 3 N–H and O–H groups in total. The largest absolute Gasteiger partial charge is 0.494 e. The second-order valence-electron chi connectivity index (χ2n) is 5.69. The quantitative estimate of drug-likeness (QED) is 0.806. The van der Waals surface area contributed by atoms with Crippen LogP contribution in [0.4, 0.5) is 0 Å². The second-order valence-corrected chi connectivity index (χ2v) is 5.69. The predicted octanol–water partition coefficient (Wildman–Crippen LogP) is 0.654. The molecule has 0 radical (unpaired) electrons. The summed E-state index contributed by atoms with van der Waals surface area (Å²) in [6.45, 7) is 6.48. The minimum Gasteiger partial charge on any atom is -0.494 e. The molecule has 1 unspecified atom stereocenters. The zero-order valence-electron chi connectivity index (χ0n) is 13.2. The van der Waals surface area contributed by atoms with E-state index in [0.717, 1.165) is 17.7 Å². The lowest BCUT2D eigenvalue weighted by molar-refractivity contribution is -0.153. The highest BCUT2D eigenvalue weighted by atomic mass is 16.5. The molecular formula is C16H24N2O4. The zero-order valence-corrected chi connectivity index (χ0v) is 13.2. The average molecular weight is 308 g/mol. The molecular weight excluding hydrogens is 284 g/mol. The molecule has 1 heterocycles. The maximum Gasteiger partial charge on any atom is 0.250 e. The molecule has 6 nitrogen and oxygen atoms in total. The van der Waals surface area contributed by atoms with Crippen molar-refractivity contribution in [2.75, 3.05) is 26.3 Å². The van der Waals surface area contributed by atoms with Gasteiger partial charge in [0.2, 0.25) is 0 Å². The van der Waals surface area contributed by atoms with Crippen LogP contribution in [-0.4, -0.2) is 47.8 Å². The maximum atomic E-state index is 11.5. The molecule has 1 atom stereocenters. The van der Waals surface area contributed by atoms with Gasteiger partial charge in [-0.25, -0.2) is 0 Å². The molecule has 0 spiro atoms. The fraction of sp³-hybridized carbons (Fsp3) is 0.562. The van der Waals surface area contributed by atoms with Gasteiger partial charge in [0.05, 0.1) is 19.8 Å². The zero-order chi connectivity index (χ0) is 16.2. The summed E-state index contributed by atoms with van der Waals surface area (Å²) in [7, 11) is 0. The number of hydrogen-bond donors (Lipinski definition) is 2. The summed E-state index contributed by atoms with van der Waals surface area (Å²) in [5, 5.41) is 9.46. The lowest BCUT2D eigenvalue weighted by Gasteiger charge is -2.38. The third-order valence-electron chi connectivity index (χ3n) is 3.88. The standard InChI is InChI=1S/C16H24N2O4/c1-3-21-14-5-4-12(8-13(14)10-19)9-18-6-7-22-16(2,11-18)15(17)20/h4-5,8,19H,3,6-7,9-11H2,1-2H3,(H2,17,20). The van der Waals surface area contributed by atoms with E-state index in [2.05, 4.69) is 4.90 Å². The number of hydrogen-bond acceptors (Lipinski definition) is 5. The van der Waals surface area contributed by atoms with Gasteiger partial charge in [-0.2, -0.15) is 0 Å². The topological polar surface area (TPSA) is 85.0 Å². The van der Waals surface area contributed by atoms with Crippen LogP contribution in [0.2, 0.25) is 0 Å². The normalized spacial score (nSPS) is 22.5. The van der Waals surface area contributed by atoms with Crippen molar-refractivity contribution in [2.24, 2.45) is 5.73 Å². The molecule has 1 amide bonds. The summed E-state index contributed by atoms with van der Waals surface area (Å²) in [5.74, 6) is 0.262. The molecule has 1 aliphatic heterocycles. The van der Waals surface area contributed by atoms with Crippen molar-refractivity contribution < 1.29 is 19.4 Å². The van der Waals surface area contributed by atoms with Crippen LogP contribution >= 0.6 is 0 Å². The Balaban J connectivity index is 2.08. The number of rotatable bonds is 6. The SMILES string of the molecule is CCOc1ccc(CN2CCOC(C)(C(N)=O)C2)cc1CO. The highest BCUT2D eigenvalue weighted by molar-refractivity contribution is 5.83. The average Bonchev–Trinajstić information content (AvgIpc) is 2.49. The smallest absolute Gasteiger partial charge is 0.250 e. The predicted molar refractivity (Wildman–Crippen MR) is 82.4 cm³/mol. The number of aliphatic hydroxyl groups excluding tert-OH is 1. The van der Waals surface area contributed by atoms with Crippen LogP contribution in [0.5, 0.6) is 5.75 Å². The summed E-state index contributed by atoms with van der Waals surface area (Å²) in [4.78, 5) is 13.6. The van der Waals surface area contributed by atoms with Gasteiger partial charge in [-0.15, -0.1) is 0 Å². The van der Waals surface area contributed by atoms with Gasteiger partial charge in [0, 0.05) is 25.2 Å². The number of aliphatic hydroxyl groups is 1. The third kappa shape index (κ3) is 3.76. The van der Waals surface area contributed by atoms with Crippen molar-refractivity contribution in [1.29, 1.82) is 0 Å². The number of primary amides is 1. The molecule has 1 aromatic carbocycles. The van der Waals surface area contributed by atoms with Crippen molar-refractivity contribution in [1.82, 2.24) is 4.90 Å². The Labute approximate surface area is 130 Å². The first-order valence-corrected chi connectivity index (χ1v) is 7.50. The van der Waals surface area contributed by atoms with Crippen LogP contribution in [0.25, 0.3) is 0 Å². The number of ether oxygens (including phenoxy) is 2. The minimum atomic E-state index is -0.941. The van der Waals surface area contributed by atoms with Crippen LogP contribution in [-0.2, 0) is 22.7 Å². The van der Waals surface area contributed by atoms with Gasteiger partial charge < -0.3 is 20.3 Å². The maximum absolute atomic E-state index is 11.5. The van der Waals surface area contributed by atoms with Crippen molar-refractivity contribution in [2.45, 2.75) is 32.6 Å². The lowest BCUT2D eigenvalue weighted by atomic mass is 10.0. The summed E-state index contributed by atoms with van der Waals surface area (Å²) < 4.78 is 11.0. The Morgan fingerprint density at radius 2 is 2.32 bits per heavy atom. The van der Waals surface area contributed by atoms with E-state index < -0.39 is 11.5 Å². The van der Waals surface area contributed by atoms with Gasteiger partial charge in [0.1, 0.15) is 5.75 Å². The summed E-state index contributed by atoms with van der Waals surface area (Å²) in [6, 6.07) is 5.78. The molecule has 0 aliphatic carbocycles. The van der Waals surface area contributed by atoms with E-state index >= 15 is 0 Å². The Bertz CT molecular complexity index is 535. The molecule has 2 rings (SSSR count). The van der Waals surface area contributed by atoms with Gasteiger partial charge >= 0.3 is 0 Å². The van der Waals surface area contributed by atoms with Gasteiger partial charge in [-0.1, -0.05) is 6.07 Å². The molecule has 6 heteroatoms. The molecule has 1 fully saturated rings. The fourth-order valence-electron chi connectivity index (χ4n) is 2.64. The fourth-order valence-corrected chi connectivity index (χ4v) is 2.64. The number of carbonyl (C=O) groups excluding carboxylic acids is 1. The number of carbonyl (C=O) groups is 1. The molecule has 22 heavy (non-hydrogen) atoms. The number of morpholine rings is 1. The van der Waals surface area contributed by atoms with Crippen molar-refractivity contribution >= 4 is 5.91 Å². The lowest BCUT2D eigenvalue weighted by Crippen LogP contribution is -2.56. The Morgan fingerprint density at radius 1 is 1.55 bits per heavy atom. The molecule has 0 saturated carbocycles. The number of amides is 1. The first-order valence-electron chi connectivity index (χ1n) is 7.50. The molecule has 1 aromatic rings. The van der Waals surface area contributed by atoms with Crippen molar-refractivity contribution in [3.05, 3.63) is 29.3 Å². The van der Waals surface area contributed by atoms with Crippen LogP contribution in [0.15, 0.2) is 18.2 Å². The minimum absolute atomic E-state index is 0.0642. The molecule has 1 saturated heterocycles. The van der Waals surface area contributed by atoms with Crippen LogP contribution < -0.4 is 10.5 Å². The van der Waals surface area contributed by atoms with E-state index in [9.17, 15) is 9.90 Å². The van der Waals surface area contributed by atoms with E-state index in [1.807, 2.05) is 25.1 Å². The van der Waals surface area contributed by atoms with E-state index in [4.69, 9.17) is 15.2 Å². The Hall–Kier alpha value is -1.63. The van der Waals surface area contributed by atoms with Crippen LogP contribution in [0.3, 0.4) is 0 Å². The van der Waals surface area contributed by atoms with Gasteiger partial charge in [0.25, 0.3) is 5.91 Å². The highest BCUT2D eigenvalue weighted by Crippen LogP contribution is 2.23. The van der Waals surface area contributed by atoms with Gasteiger partial charge in [-0.3, -0.25) is 9.69 Å². The van der Waals surface area contributed by atoms with Crippen molar-refractivity contribution in [3.63, 3.8) is 0 Å². The van der Waals surface area contributed by atoms with Crippen molar-refractivity contribution in [3.8, 4) is 5.75 Å². The monoisotopic (exact) mass is 308 g/mol. The first kappa shape index (κ1) is 16.7. The van der Waals surface area contributed by atoms with Crippen LogP contribution in [0.1, 0.15) is 25.0 Å². The summed E-state index contributed by atoms with van der Waals surface area (Å²) in [5.41, 5.74) is 6.30. The second kappa shape index (κ2) is 7.09. The number of nitrogens with zero attached hydrogens (tertiary/aromatic N) is 1. The number of nitrogens with two attached hydrogens (primary N) is 1. The molecule has 0 bridgehead atoms. The van der Waals surface area contributed by atoms with E-state index in [1.165, 1.54) is 0 Å². The molecule has 1 aliphatic rings. The van der Waals surface area contributed by atoms with Crippen LogP contribution in [0, 0.1) is 0 Å². The van der Waals surface area contributed by atoms with Gasteiger partial charge in [-0.05, 0) is 31.5 Å². The summed E-state index contributed by atoms with van der Waals surface area (Å²) in [6.07, 6.45) is 0. The summed E-state index contributed by atoms with van der Waals surface area (Å²) >= 11 is 0. The third-order valence-corrected chi connectivity index (χ3v) is 3.88. The highest BCUT2D eigenvalue weighted by Gasteiger charge is 2.37. The van der Waals surface area contributed by atoms with E-state index in [1.54, 1.807) is 6.92 Å². The number of benzene rings is 1. The molecule has 122 valence electrons. The first-order chi connectivity index (χ1) is 10.5. The Kier molecular flexibility index (Phi) is 5.39. The van der Waals surface area contributed by atoms with E-state index in [-0.39, 0.29) is 6.61 Å². The van der Waals surface area contributed by atoms with E-state index in [0.29, 0.717) is 32.1 Å². The van der Waals surface area contributed by atoms with Gasteiger partial charge in [0.15, 0.2) is 5.60 Å². The molecule has 0 aromatic heterocycles.